The SMILES string of the molecule is Cc1nc(C(=O)NC(C)c2ccccn2)nc(NCCc2cn[nH]c2)c1C. The standard InChI is InChI=1S/C19H23N7O/c1-12-13(2)24-18(19(27)25-14(3)16-6-4-5-8-20-16)26-17(12)21-9-7-15-10-22-23-11-15/h4-6,8,10-11,14H,7,9H2,1-3H3,(H,22,23)(H,25,27)(H,21,24,26). The Bertz CT molecular complexity index is 894. The molecular weight excluding hydrogens is 342 g/mol. The van der Waals surface area contributed by atoms with Crippen molar-refractivity contribution < 1.29 is 4.79 Å². The average molecular weight is 365 g/mol. The van der Waals surface area contributed by atoms with Gasteiger partial charge in [-0.05, 0) is 44.9 Å². The third-order valence-corrected chi connectivity index (χ3v) is 4.33. The second-order valence-corrected chi connectivity index (χ2v) is 6.34. The molecule has 1 atom stereocenters. The van der Waals surface area contributed by atoms with Crippen LogP contribution in [-0.4, -0.2) is 37.6 Å². The first-order chi connectivity index (χ1) is 13.0. The quantitative estimate of drug-likeness (QED) is 0.593. The monoisotopic (exact) mass is 365 g/mol. The van der Waals surface area contributed by atoms with Crippen molar-refractivity contribution in [3.8, 4) is 0 Å². The number of hydrogen-bond donors (Lipinski definition) is 3. The number of aromatic nitrogens is 5. The molecule has 8 nitrogen and oxygen atoms in total. The summed E-state index contributed by atoms with van der Waals surface area (Å²) in [7, 11) is 0. The predicted octanol–water partition coefficient (Wildman–Crippen LogP) is 2.36. The minimum absolute atomic E-state index is 0.145. The molecule has 0 aromatic carbocycles. The number of pyridine rings is 1. The Morgan fingerprint density at radius 1 is 1.26 bits per heavy atom. The lowest BCUT2D eigenvalue weighted by Crippen LogP contribution is -2.29. The van der Waals surface area contributed by atoms with Crippen molar-refractivity contribution >= 4 is 11.7 Å². The second kappa shape index (κ2) is 8.39. The molecule has 3 aromatic heterocycles. The number of anilines is 1. The fourth-order valence-electron chi connectivity index (χ4n) is 2.61. The van der Waals surface area contributed by atoms with Crippen molar-refractivity contribution in [3.05, 3.63) is 65.1 Å². The molecule has 1 amide bonds. The molecule has 0 aliphatic rings. The molecule has 0 spiro atoms. The van der Waals surface area contributed by atoms with Gasteiger partial charge in [0.15, 0.2) is 0 Å². The molecular formula is C19H23N7O. The molecule has 0 radical (unpaired) electrons. The van der Waals surface area contributed by atoms with Crippen LogP contribution in [0.15, 0.2) is 36.8 Å². The number of aromatic amines is 1. The number of aryl methyl sites for hydroxylation is 1. The van der Waals surface area contributed by atoms with Crippen LogP contribution in [0.3, 0.4) is 0 Å². The maximum Gasteiger partial charge on any atom is 0.289 e. The smallest absolute Gasteiger partial charge is 0.289 e. The van der Waals surface area contributed by atoms with Crippen LogP contribution in [-0.2, 0) is 6.42 Å². The van der Waals surface area contributed by atoms with Gasteiger partial charge in [-0.3, -0.25) is 14.9 Å². The van der Waals surface area contributed by atoms with Crippen LogP contribution in [0.4, 0.5) is 5.82 Å². The Hall–Kier alpha value is -3.29. The maximum atomic E-state index is 12.6. The zero-order valence-corrected chi connectivity index (χ0v) is 15.7. The zero-order chi connectivity index (χ0) is 19.2. The zero-order valence-electron chi connectivity index (χ0n) is 15.7. The fourth-order valence-corrected chi connectivity index (χ4v) is 2.61. The maximum absolute atomic E-state index is 12.6. The van der Waals surface area contributed by atoms with Gasteiger partial charge >= 0.3 is 0 Å². The summed E-state index contributed by atoms with van der Waals surface area (Å²) in [6, 6.07) is 5.36. The number of nitrogens with one attached hydrogen (secondary N) is 3. The number of H-pyrrole nitrogens is 1. The number of rotatable bonds is 7. The molecule has 3 aromatic rings. The topological polar surface area (TPSA) is 108 Å². The summed E-state index contributed by atoms with van der Waals surface area (Å²) in [4.78, 5) is 25.6. The minimum atomic E-state index is -0.325. The van der Waals surface area contributed by atoms with E-state index in [-0.39, 0.29) is 17.8 Å². The molecule has 0 aliphatic carbocycles. The largest absolute Gasteiger partial charge is 0.369 e. The summed E-state index contributed by atoms with van der Waals surface area (Å²) in [5, 5.41) is 12.9. The molecule has 0 aliphatic heterocycles. The first-order valence-electron chi connectivity index (χ1n) is 8.83. The van der Waals surface area contributed by atoms with E-state index in [2.05, 4.69) is 35.8 Å². The molecule has 0 saturated carbocycles. The van der Waals surface area contributed by atoms with Gasteiger partial charge in [-0.15, -0.1) is 0 Å². The molecule has 0 bridgehead atoms. The van der Waals surface area contributed by atoms with Gasteiger partial charge < -0.3 is 10.6 Å². The van der Waals surface area contributed by atoms with Crippen LogP contribution in [0.2, 0.25) is 0 Å². The Morgan fingerprint density at radius 2 is 2.11 bits per heavy atom. The van der Waals surface area contributed by atoms with E-state index in [4.69, 9.17) is 0 Å². The van der Waals surface area contributed by atoms with Crippen molar-refractivity contribution in [2.75, 3.05) is 11.9 Å². The van der Waals surface area contributed by atoms with Gasteiger partial charge in [0.25, 0.3) is 5.91 Å². The van der Waals surface area contributed by atoms with Crippen LogP contribution in [0.1, 0.15) is 46.1 Å². The lowest BCUT2D eigenvalue weighted by atomic mass is 10.2. The van der Waals surface area contributed by atoms with Crippen molar-refractivity contribution in [1.29, 1.82) is 0 Å². The first kappa shape index (κ1) is 18.5. The Morgan fingerprint density at radius 3 is 2.81 bits per heavy atom. The highest BCUT2D eigenvalue weighted by Crippen LogP contribution is 2.16. The summed E-state index contributed by atoms with van der Waals surface area (Å²) >= 11 is 0. The van der Waals surface area contributed by atoms with E-state index in [1.807, 2.05) is 45.2 Å². The molecule has 3 N–H and O–H groups in total. The highest BCUT2D eigenvalue weighted by molar-refractivity contribution is 5.91. The van der Waals surface area contributed by atoms with E-state index in [0.717, 1.165) is 28.9 Å². The van der Waals surface area contributed by atoms with E-state index in [0.29, 0.717) is 12.4 Å². The number of hydrogen-bond acceptors (Lipinski definition) is 6. The van der Waals surface area contributed by atoms with Crippen LogP contribution in [0.5, 0.6) is 0 Å². The molecule has 0 saturated heterocycles. The molecule has 0 fully saturated rings. The van der Waals surface area contributed by atoms with Gasteiger partial charge in [0, 0.05) is 30.2 Å². The molecule has 1 unspecified atom stereocenters. The van der Waals surface area contributed by atoms with Crippen LogP contribution in [0.25, 0.3) is 0 Å². The van der Waals surface area contributed by atoms with E-state index in [9.17, 15) is 4.79 Å². The van der Waals surface area contributed by atoms with Crippen LogP contribution < -0.4 is 10.6 Å². The highest BCUT2D eigenvalue weighted by atomic mass is 16.2. The van der Waals surface area contributed by atoms with Gasteiger partial charge in [-0.25, -0.2) is 9.97 Å². The van der Waals surface area contributed by atoms with E-state index >= 15 is 0 Å². The van der Waals surface area contributed by atoms with E-state index in [1.54, 1.807) is 12.4 Å². The molecule has 3 rings (SSSR count). The Labute approximate surface area is 157 Å². The fraction of sp³-hybridized carbons (Fsp3) is 0.316. The van der Waals surface area contributed by atoms with Crippen LogP contribution in [0, 0.1) is 13.8 Å². The third kappa shape index (κ3) is 4.66. The summed E-state index contributed by atoms with van der Waals surface area (Å²) in [5.74, 6) is 0.488. The molecule has 3 heterocycles. The van der Waals surface area contributed by atoms with E-state index in [1.165, 1.54) is 0 Å². The van der Waals surface area contributed by atoms with E-state index < -0.39 is 0 Å². The number of carbonyl (C=O) groups excluding carboxylic acids is 1. The van der Waals surface area contributed by atoms with Crippen molar-refractivity contribution in [2.45, 2.75) is 33.2 Å². The van der Waals surface area contributed by atoms with Crippen molar-refractivity contribution in [2.24, 2.45) is 0 Å². The summed E-state index contributed by atoms with van der Waals surface area (Å²) in [6.45, 7) is 6.37. The normalized spacial score (nSPS) is 11.8. The predicted molar refractivity (Wildman–Crippen MR) is 102 cm³/mol. The van der Waals surface area contributed by atoms with Crippen molar-refractivity contribution in [1.82, 2.24) is 30.5 Å². The summed E-state index contributed by atoms with van der Waals surface area (Å²) in [5.41, 5.74) is 3.59. The second-order valence-electron chi connectivity index (χ2n) is 6.34. The number of carbonyl (C=O) groups is 1. The number of nitrogens with zero attached hydrogens (tertiary/aromatic N) is 4. The van der Waals surface area contributed by atoms with Crippen molar-refractivity contribution in [3.63, 3.8) is 0 Å². The van der Waals surface area contributed by atoms with Gasteiger partial charge in [0.05, 0.1) is 17.9 Å². The lowest BCUT2D eigenvalue weighted by molar-refractivity contribution is 0.0928. The molecule has 27 heavy (non-hydrogen) atoms. The highest BCUT2D eigenvalue weighted by Gasteiger charge is 2.17. The van der Waals surface area contributed by atoms with Gasteiger partial charge in [-0.2, -0.15) is 5.10 Å². The summed E-state index contributed by atoms with van der Waals surface area (Å²) < 4.78 is 0. The molecule has 140 valence electrons. The number of amides is 1. The van der Waals surface area contributed by atoms with Gasteiger partial charge in [-0.1, -0.05) is 6.07 Å². The van der Waals surface area contributed by atoms with Gasteiger partial charge in [0.2, 0.25) is 5.82 Å². The average Bonchev–Trinajstić information content (AvgIpc) is 3.19. The third-order valence-electron chi connectivity index (χ3n) is 4.33. The first-order valence-corrected chi connectivity index (χ1v) is 8.83. The Balaban J connectivity index is 1.69. The van der Waals surface area contributed by atoms with Gasteiger partial charge in [0.1, 0.15) is 5.82 Å². The lowest BCUT2D eigenvalue weighted by Gasteiger charge is -2.15. The summed E-state index contributed by atoms with van der Waals surface area (Å²) in [6.07, 6.45) is 6.15. The minimum Gasteiger partial charge on any atom is -0.369 e. The molecule has 8 heteroatoms. The Kier molecular flexibility index (Phi) is 5.75. The van der Waals surface area contributed by atoms with Crippen LogP contribution >= 0.6 is 0 Å².